The predicted molar refractivity (Wildman–Crippen MR) is 154 cm³/mol. The fourth-order valence-electron chi connectivity index (χ4n) is 4.90. The highest BCUT2D eigenvalue weighted by molar-refractivity contribution is 6.46. The van der Waals surface area contributed by atoms with Crippen LogP contribution in [0.3, 0.4) is 0 Å². The first-order chi connectivity index (χ1) is 19.9. The lowest BCUT2D eigenvalue weighted by molar-refractivity contribution is -0.140. The van der Waals surface area contributed by atoms with Gasteiger partial charge in [0.1, 0.15) is 18.1 Å². The van der Waals surface area contributed by atoms with E-state index < -0.39 is 17.7 Å². The number of methoxy groups -OCH3 is 2. The summed E-state index contributed by atoms with van der Waals surface area (Å²) in [7, 11) is 3.04. The zero-order chi connectivity index (χ0) is 28.9. The van der Waals surface area contributed by atoms with Gasteiger partial charge in [0.2, 0.25) is 0 Å². The van der Waals surface area contributed by atoms with Gasteiger partial charge in [-0.15, -0.1) is 0 Å². The molecule has 1 atom stereocenters. The second kappa shape index (κ2) is 12.0. The van der Waals surface area contributed by atoms with E-state index in [9.17, 15) is 14.7 Å². The Hall–Kier alpha value is -5.11. The van der Waals surface area contributed by atoms with Crippen LogP contribution < -0.4 is 14.2 Å². The van der Waals surface area contributed by atoms with E-state index in [0.29, 0.717) is 35.0 Å². The first-order valence-electron chi connectivity index (χ1n) is 13.1. The van der Waals surface area contributed by atoms with Crippen LogP contribution in [0.4, 0.5) is 0 Å². The molecule has 0 bridgehead atoms. The Bertz CT molecular complexity index is 1600. The summed E-state index contributed by atoms with van der Waals surface area (Å²) in [6.45, 7) is 2.55. The monoisotopic (exact) mass is 550 g/mol. The molecule has 1 aromatic heterocycles. The number of benzene rings is 3. The predicted octanol–water partition coefficient (Wildman–Crippen LogP) is 5.61. The smallest absolute Gasteiger partial charge is 0.295 e. The Morgan fingerprint density at radius 2 is 1.68 bits per heavy atom. The van der Waals surface area contributed by atoms with Gasteiger partial charge < -0.3 is 24.2 Å². The minimum Gasteiger partial charge on any atom is -0.507 e. The van der Waals surface area contributed by atoms with Crippen LogP contribution in [0.5, 0.6) is 17.2 Å². The van der Waals surface area contributed by atoms with Crippen molar-refractivity contribution in [3.8, 4) is 17.2 Å². The number of ketones is 1. The molecule has 1 aliphatic rings. The van der Waals surface area contributed by atoms with Gasteiger partial charge in [-0.1, -0.05) is 36.4 Å². The van der Waals surface area contributed by atoms with Gasteiger partial charge in [-0.05, 0) is 71.6 Å². The Balaban J connectivity index is 1.51. The molecule has 8 nitrogen and oxygen atoms in total. The third-order valence-corrected chi connectivity index (χ3v) is 7.12. The molecule has 0 spiro atoms. The van der Waals surface area contributed by atoms with Crippen molar-refractivity contribution >= 4 is 17.4 Å². The number of carbonyl (C=O) groups excluding carboxylic acids is 2. The summed E-state index contributed by atoms with van der Waals surface area (Å²) in [5.74, 6) is -0.214. The van der Waals surface area contributed by atoms with Crippen molar-refractivity contribution in [3.05, 3.63) is 125 Å². The number of rotatable bonds is 9. The van der Waals surface area contributed by atoms with E-state index in [1.807, 2.05) is 37.3 Å². The number of hydrogen-bond donors (Lipinski definition) is 1. The lowest BCUT2D eigenvalue weighted by Crippen LogP contribution is -2.29. The van der Waals surface area contributed by atoms with Gasteiger partial charge in [-0.25, -0.2) is 0 Å². The lowest BCUT2D eigenvalue weighted by Gasteiger charge is -2.26. The lowest BCUT2D eigenvalue weighted by atomic mass is 9.94. The van der Waals surface area contributed by atoms with E-state index in [2.05, 4.69) is 4.98 Å². The maximum atomic E-state index is 13.4. The van der Waals surface area contributed by atoms with Crippen LogP contribution in [0.1, 0.15) is 33.9 Å². The standard InChI is InChI=1S/C33H30N2O6/c1-21-7-4-5-9-25(21)20-41-26-13-10-23(11-14-26)31(36)29-30(24-12-15-27(39-2)28(17-24)40-3)35(33(38)32(29)37)19-22-8-6-16-34-18-22/h4-18,30,36H,19-20H2,1-3H3/b31-29+/t30-/m0/s1. The van der Waals surface area contributed by atoms with Crippen molar-refractivity contribution in [2.24, 2.45) is 0 Å². The molecule has 0 unspecified atom stereocenters. The summed E-state index contributed by atoms with van der Waals surface area (Å²) in [4.78, 5) is 32.4. The number of aryl methyl sites for hydroxylation is 1. The Kier molecular flexibility index (Phi) is 8.01. The summed E-state index contributed by atoms with van der Waals surface area (Å²) >= 11 is 0. The van der Waals surface area contributed by atoms with Crippen molar-refractivity contribution in [1.82, 2.24) is 9.88 Å². The van der Waals surface area contributed by atoms with Gasteiger partial charge >= 0.3 is 0 Å². The largest absolute Gasteiger partial charge is 0.507 e. The minimum atomic E-state index is -0.869. The molecule has 1 amide bonds. The molecule has 208 valence electrons. The first kappa shape index (κ1) is 27.5. The molecule has 41 heavy (non-hydrogen) atoms. The van der Waals surface area contributed by atoms with E-state index in [-0.39, 0.29) is 17.9 Å². The number of likely N-dealkylation sites (tertiary alicyclic amines) is 1. The Morgan fingerprint density at radius 1 is 0.927 bits per heavy atom. The number of aliphatic hydroxyl groups excluding tert-OH is 1. The number of hydrogen-bond acceptors (Lipinski definition) is 7. The number of aromatic nitrogens is 1. The third kappa shape index (κ3) is 5.63. The number of ether oxygens (including phenoxy) is 3. The second-order valence-electron chi connectivity index (χ2n) is 9.64. The maximum Gasteiger partial charge on any atom is 0.295 e. The van der Waals surface area contributed by atoms with Crippen molar-refractivity contribution in [1.29, 1.82) is 0 Å². The van der Waals surface area contributed by atoms with Gasteiger partial charge in [-0.2, -0.15) is 0 Å². The zero-order valence-electron chi connectivity index (χ0n) is 23.0. The molecule has 1 saturated heterocycles. The number of amides is 1. The highest BCUT2D eigenvalue weighted by Crippen LogP contribution is 2.42. The van der Waals surface area contributed by atoms with Gasteiger partial charge in [-0.3, -0.25) is 14.6 Å². The van der Waals surface area contributed by atoms with Crippen molar-refractivity contribution < 1.29 is 28.9 Å². The van der Waals surface area contributed by atoms with Crippen LogP contribution in [0.25, 0.3) is 5.76 Å². The summed E-state index contributed by atoms with van der Waals surface area (Å²) in [6.07, 6.45) is 3.28. The molecule has 8 heteroatoms. The fourth-order valence-corrected chi connectivity index (χ4v) is 4.90. The molecule has 3 aromatic carbocycles. The van der Waals surface area contributed by atoms with E-state index >= 15 is 0 Å². The molecular formula is C33H30N2O6. The number of carbonyl (C=O) groups is 2. The van der Waals surface area contributed by atoms with Crippen molar-refractivity contribution in [3.63, 3.8) is 0 Å². The van der Waals surface area contributed by atoms with Gasteiger partial charge in [0.05, 0.1) is 25.8 Å². The minimum absolute atomic E-state index is 0.0142. The summed E-state index contributed by atoms with van der Waals surface area (Å²) in [5.41, 5.74) is 3.91. The number of Topliss-reactive ketones (excluding diaryl/α,β-unsaturated/α-hetero) is 1. The van der Waals surface area contributed by atoms with Crippen LogP contribution in [0, 0.1) is 6.92 Å². The topological polar surface area (TPSA) is 98.2 Å². The molecule has 0 radical (unpaired) electrons. The normalized spacial score (nSPS) is 16.1. The van der Waals surface area contributed by atoms with Crippen LogP contribution in [0.15, 0.2) is 96.8 Å². The summed E-state index contributed by atoms with van der Waals surface area (Å²) in [5, 5.41) is 11.5. The van der Waals surface area contributed by atoms with Crippen molar-refractivity contribution in [2.75, 3.05) is 14.2 Å². The number of pyridine rings is 1. The van der Waals surface area contributed by atoms with Gasteiger partial charge in [0, 0.05) is 24.5 Å². The highest BCUT2D eigenvalue weighted by Gasteiger charge is 2.46. The van der Waals surface area contributed by atoms with Crippen LogP contribution in [0.2, 0.25) is 0 Å². The number of aliphatic hydroxyl groups is 1. The average molecular weight is 551 g/mol. The molecule has 1 fully saturated rings. The first-order valence-corrected chi connectivity index (χ1v) is 13.1. The Morgan fingerprint density at radius 3 is 2.37 bits per heavy atom. The molecule has 1 N–H and O–H groups in total. The molecule has 0 aliphatic carbocycles. The molecular weight excluding hydrogens is 520 g/mol. The molecule has 1 aliphatic heterocycles. The molecule has 2 heterocycles. The van der Waals surface area contributed by atoms with E-state index in [4.69, 9.17) is 14.2 Å². The third-order valence-electron chi connectivity index (χ3n) is 7.12. The molecule has 0 saturated carbocycles. The SMILES string of the molecule is COc1ccc([C@H]2/C(=C(\O)c3ccc(OCc4ccccc4C)cc3)C(=O)C(=O)N2Cc2cccnc2)cc1OC. The summed E-state index contributed by atoms with van der Waals surface area (Å²) < 4.78 is 16.8. The van der Waals surface area contributed by atoms with Crippen molar-refractivity contribution in [2.45, 2.75) is 26.1 Å². The Labute approximate surface area is 238 Å². The van der Waals surface area contributed by atoms with Gasteiger partial charge in [0.25, 0.3) is 11.7 Å². The fraction of sp³-hybridized carbons (Fsp3) is 0.182. The van der Waals surface area contributed by atoms with Crippen LogP contribution in [-0.4, -0.2) is 40.9 Å². The molecule has 4 aromatic rings. The second-order valence-corrected chi connectivity index (χ2v) is 9.64. The maximum absolute atomic E-state index is 13.4. The van der Waals surface area contributed by atoms with Crippen LogP contribution >= 0.6 is 0 Å². The van der Waals surface area contributed by atoms with E-state index in [0.717, 1.165) is 16.7 Å². The van der Waals surface area contributed by atoms with Crippen LogP contribution in [-0.2, 0) is 22.7 Å². The summed E-state index contributed by atoms with van der Waals surface area (Å²) in [6, 6.07) is 22.7. The van der Waals surface area contributed by atoms with E-state index in [1.165, 1.54) is 19.1 Å². The van der Waals surface area contributed by atoms with E-state index in [1.54, 1.807) is 60.9 Å². The number of nitrogens with zero attached hydrogens (tertiary/aromatic N) is 2. The average Bonchev–Trinajstić information content (AvgIpc) is 3.25. The van der Waals surface area contributed by atoms with Gasteiger partial charge in [0.15, 0.2) is 11.5 Å². The zero-order valence-corrected chi connectivity index (χ0v) is 23.0. The highest BCUT2D eigenvalue weighted by atomic mass is 16.5. The molecule has 5 rings (SSSR count). The quantitative estimate of drug-likeness (QED) is 0.164.